The second kappa shape index (κ2) is 6.88. The van der Waals surface area contributed by atoms with E-state index in [0.29, 0.717) is 13.1 Å². The van der Waals surface area contributed by atoms with Crippen LogP contribution < -0.4 is 5.32 Å². The topological polar surface area (TPSA) is 35.6 Å². The molecule has 0 bridgehead atoms. The molecular formula is C16H20F3N3O. The predicted octanol–water partition coefficient (Wildman–Crippen LogP) is 1.88. The van der Waals surface area contributed by atoms with Crippen molar-refractivity contribution < 1.29 is 18.0 Å². The third-order valence-corrected chi connectivity index (χ3v) is 4.61. The van der Waals surface area contributed by atoms with E-state index in [9.17, 15) is 18.0 Å². The molecule has 1 unspecified atom stereocenters. The lowest BCUT2D eigenvalue weighted by Gasteiger charge is -2.32. The lowest BCUT2D eigenvalue weighted by Crippen LogP contribution is -2.49. The highest BCUT2D eigenvalue weighted by Gasteiger charge is 2.32. The fourth-order valence-electron chi connectivity index (χ4n) is 3.33. The Morgan fingerprint density at radius 2 is 1.96 bits per heavy atom. The first kappa shape index (κ1) is 16.3. The summed E-state index contributed by atoms with van der Waals surface area (Å²) in [6.07, 6.45) is -2.09. The summed E-state index contributed by atoms with van der Waals surface area (Å²) in [7, 11) is 0. The minimum Gasteiger partial charge on any atom is -0.337 e. The SMILES string of the molecule is O=C(c1cccc(C(F)F)c1F)N1CCC(N2CCNCC2)C1. The van der Waals surface area contributed by atoms with Crippen molar-refractivity contribution in [1.29, 1.82) is 0 Å². The van der Waals surface area contributed by atoms with Gasteiger partial charge in [0.15, 0.2) is 0 Å². The number of halogens is 3. The summed E-state index contributed by atoms with van der Waals surface area (Å²) in [4.78, 5) is 16.4. The van der Waals surface area contributed by atoms with Crippen LogP contribution in [0.1, 0.15) is 28.8 Å². The Kier molecular flexibility index (Phi) is 4.87. The first-order valence-electron chi connectivity index (χ1n) is 7.88. The molecule has 0 spiro atoms. The Balaban J connectivity index is 1.71. The summed E-state index contributed by atoms with van der Waals surface area (Å²) >= 11 is 0. The van der Waals surface area contributed by atoms with Crippen LogP contribution >= 0.6 is 0 Å². The molecule has 7 heteroatoms. The van der Waals surface area contributed by atoms with Crippen LogP contribution in [-0.4, -0.2) is 61.0 Å². The molecule has 2 saturated heterocycles. The standard InChI is InChI=1S/C16H20F3N3O/c17-14-12(15(18)19)2-1-3-13(14)16(23)22-7-4-11(10-22)21-8-5-20-6-9-21/h1-3,11,15,20H,4-10H2. The molecule has 1 amide bonds. The van der Waals surface area contributed by atoms with E-state index in [2.05, 4.69) is 10.2 Å². The quantitative estimate of drug-likeness (QED) is 0.921. The zero-order chi connectivity index (χ0) is 16.4. The lowest BCUT2D eigenvalue weighted by atomic mass is 10.1. The molecule has 4 nitrogen and oxygen atoms in total. The van der Waals surface area contributed by atoms with E-state index < -0.39 is 23.7 Å². The van der Waals surface area contributed by atoms with E-state index in [1.807, 2.05) is 0 Å². The molecule has 1 atom stereocenters. The summed E-state index contributed by atoms with van der Waals surface area (Å²) in [6.45, 7) is 4.78. The average molecular weight is 327 g/mol. The van der Waals surface area contributed by atoms with Gasteiger partial charge in [-0.2, -0.15) is 0 Å². The Morgan fingerprint density at radius 3 is 2.65 bits per heavy atom. The van der Waals surface area contributed by atoms with Gasteiger partial charge in [0.2, 0.25) is 0 Å². The Labute approximate surface area is 133 Å². The number of carbonyl (C=O) groups is 1. The van der Waals surface area contributed by atoms with E-state index in [1.165, 1.54) is 12.1 Å². The van der Waals surface area contributed by atoms with Crippen LogP contribution in [0, 0.1) is 5.82 Å². The maximum absolute atomic E-state index is 14.1. The first-order valence-corrected chi connectivity index (χ1v) is 7.88. The number of hydrogen-bond acceptors (Lipinski definition) is 3. The monoisotopic (exact) mass is 327 g/mol. The normalized spacial score (nSPS) is 22.8. The number of piperazine rings is 1. The van der Waals surface area contributed by atoms with Crippen LogP contribution in [0.3, 0.4) is 0 Å². The number of rotatable bonds is 3. The van der Waals surface area contributed by atoms with Gasteiger partial charge in [0.1, 0.15) is 5.82 Å². The van der Waals surface area contributed by atoms with Crippen molar-refractivity contribution in [2.24, 2.45) is 0 Å². The molecule has 0 saturated carbocycles. The minimum absolute atomic E-state index is 0.260. The molecule has 2 fully saturated rings. The Hall–Kier alpha value is -1.60. The van der Waals surface area contributed by atoms with E-state index in [4.69, 9.17) is 0 Å². The molecule has 1 aromatic carbocycles. The first-order chi connectivity index (χ1) is 11.1. The molecule has 0 aliphatic carbocycles. The molecule has 3 rings (SSSR count). The molecule has 0 aromatic heterocycles. The molecule has 126 valence electrons. The van der Waals surface area contributed by atoms with Crippen LogP contribution in [0.2, 0.25) is 0 Å². The summed E-state index contributed by atoms with van der Waals surface area (Å²) < 4.78 is 39.7. The van der Waals surface area contributed by atoms with Crippen molar-refractivity contribution >= 4 is 5.91 Å². The van der Waals surface area contributed by atoms with Crippen molar-refractivity contribution in [2.45, 2.75) is 18.9 Å². The number of hydrogen-bond donors (Lipinski definition) is 1. The van der Waals surface area contributed by atoms with Gasteiger partial charge in [-0.25, -0.2) is 13.2 Å². The van der Waals surface area contributed by atoms with Crippen LogP contribution in [-0.2, 0) is 0 Å². The highest BCUT2D eigenvalue weighted by molar-refractivity contribution is 5.95. The lowest BCUT2D eigenvalue weighted by molar-refractivity contribution is 0.0767. The molecule has 1 aromatic rings. The third kappa shape index (κ3) is 3.35. The van der Waals surface area contributed by atoms with Gasteiger partial charge in [-0.1, -0.05) is 12.1 Å². The van der Waals surface area contributed by atoms with Crippen LogP contribution in [0.4, 0.5) is 13.2 Å². The van der Waals surface area contributed by atoms with Gasteiger partial charge in [0.05, 0.1) is 11.1 Å². The van der Waals surface area contributed by atoms with Gasteiger partial charge < -0.3 is 10.2 Å². The largest absolute Gasteiger partial charge is 0.337 e. The van der Waals surface area contributed by atoms with Gasteiger partial charge in [0.25, 0.3) is 12.3 Å². The molecule has 1 N–H and O–H groups in total. The van der Waals surface area contributed by atoms with Crippen molar-refractivity contribution in [1.82, 2.24) is 15.1 Å². The number of carbonyl (C=O) groups excluding carboxylic acids is 1. The number of alkyl halides is 2. The smallest absolute Gasteiger partial charge is 0.266 e. The summed E-state index contributed by atoms with van der Waals surface area (Å²) in [5, 5.41) is 3.28. The van der Waals surface area contributed by atoms with E-state index in [-0.39, 0.29) is 11.6 Å². The fraction of sp³-hybridized carbons (Fsp3) is 0.562. The van der Waals surface area contributed by atoms with Gasteiger partial charge in [-0.05, 0) is 12.5 Å². The highest BCUT2D eigenvalue weighted by atomic mass is 19.3. The molecule has 23 heavy (non-hydrogen) atoms. The van der Waals surface area contributed by atoms with Crippen molar-refractivity contribution in [3.8, 4) is 0 Å². The maximum Gasteiger partial charge on any atom is 0.266 e. The Morgan fingerprint density at radius 1 is 1.22 bits per heavy atom. The summed E-state index contributed by atoms with van der Waals surface area (Å²) in [5.41, 5.74) is -0.975. The Bertz CT molecular complexity index is 576. The predicted molar refractivity (Wildman–Crippen MR) is 80.1 cm³/mol. The highest BCUT2D eigenvalue weighted by Crippen LogP contribution is 2.26. The van der Waals surface area contributed by atoms with E-state index in [0.717, 1.165) is 38.7 Å². The van der Waals surface area contributed by atoms with Crippen LogP contribution in [0.25, 0.3) is 0 Å². The van der Waals surface area contributed by atoms with Gasteiger partial charge in [-0.15, -0.1) is 0 Å². The number of benzene rings is 1. The molecule has 2 aliphatic rings. The number of nitrogens with one attached hydrogen (secondary N) is 1. The number of likely N-dealkylation sites (tertiary alicyclic amines) is 1. The fourth-order valence-corrected chi connectivity index (χ4v) is 3.33. The van der Waals surface area contributed by atoms with Gasteiger partial charge in [0, 0.05) is 45.3 Å². The minimum atomic E-state index is -2.92. The number of amides is 1. The van der Waals surface area contributed by atoms with Crippen LogP contribution in [0.5, 0.6) is 0 Å². The summed E-state index contributed by atoms with van der Waals surface area (Å²) in [5.74, 6) is -1.60. The zero-order valence-corrected chi connectivity index (χ0v) is 12.8. The summed E-state index contributed by atoms with van der Waals surface area (Å²) in [6, 6.07) is 3.87. The van der Waals surface area contributed by atoms with Gasteiger partial charge in [-0.3, -0.25) is 9.69 Å². The average Bonchev–Trinajstić information content (AvgIpc) is 3.05. The number of nitrogens with zero attached hydrogens (tertiary/aromatic N) is 2. The van der Waals surface area contributed by atoms with Crippen LogP contribution in [0.15, 0.2) is 18.2 Å². The second-order valence-electron chi connectivity index (χ2n) is 5.99. The third-order valence-electron chi connectivity index (χ3n) is 4.61. The van der Waals surface area contributed by atoms with Crippen molar-refractivity contribution in [2.75, 3.05) is 39.3 Å². The molecular weight excluding hydrogens is 307 g/mol. The van der Waals surface area contributed by atoms with E-state index in [1.54, 1.807) is 4.90 Å². The van der Waals surface area contributed by atoms with Crippen molar-refractivity contribution in [3.05, 3.63) is 35.1 Å². The zero-order valence-electron chi connectivity index (χ0n) is 12.8. The molecule has 2 aliphatic heterocycles. The molecule has 2 heterocycles. The second-order valence-corrected chi connectivity index (χ2v) is 5.99. The van der Waals surface area contributed by atoms with E-state index >= 15 is 0 Å². The van der Waals surface area contributed by atoms with Crippen molar-refractivity contribution in [3.63, 3.8) is 0 Å². The van der Waals surface area contributed by atoms with Gasteiger partial charge >= 0.3 is 0 Å². The molecule has 0 radical (unpaired) electrons. The maximum atomic E-state index is 14.1.